The van der Waals surface area contributed by atoms with E-state index in [1.165, 1.54) is 0 Å². The van der Waals surface area contributed by atoms with Crippen LogP contribution in [0.2, 0.25) is 0 Å². The number of ether oxygens (including phenoxy) is 1. The van der Waals surface area contributed by atoms with Crippen LogP contribution in [-0.4, -0.2) is 27.5 Å². The second-order valence-electron chi connectivity index (χ2n) is 4.94. The average Bonchev–Trinajstić information content (AvgIpc) is 3.23. The molecular formula is C16H16N4O2S. The van der Waals surface area contributed by atoms with E-state index in [1.54, 1.807) is 22.2 Å². The summed E-state index contributed by atoms with van der Waals surface area (Å²) in [6, 6.07) is 11.5. The highest BCUT2D eigenvalue weighted by molar-refractivity contribution is 7.12. The molecule has 1 amide bonds. The molecule has 2 aromatic heterocycles. The van der Waals surface area contributed by atoms with Crippen molar-refractivity contribution in [2.75, 3.05) is 6.61 Å². The fourth-order valence-corrected chi connectivity index (χ4v) is 2.64. The van der Waals surface area contributed by atoms with Gasteiger partial charge >= 0.3 is 0 Å². The lowest BCUT2D eigenvalue weighted by atomic mass is 10.2. The Morgan fingerprint density at radius 1 is 1.30 bits per heavy atom. The Bertz CT molecular complexity index is 783. The van der Waals surface area contributed by atoms with Gasteiger partial charge in [-0.2, -0.15) is 0 Å². The molecule has 118 valence electrons. The maximum Gasteiger partial charge on any atom is 0.258 e. The van der Waals surface area contributed by atoms with E-state index in [1.807, 2.05) is 48.7 Å². The lowest BCUT2D eigenvalue weighted by Crippen LogP contribution is -2.28. The third kappa shape index (κ3) is 3.95. The lowest BCUT2D eigenvalue weighted by Gasteiger charge is -2.08. The summed E-state index contributed by atoms with van der Waals surface area (Å²) in [6.45, 7) is 2.24. The lowest BCUT2D eigenvalue weighted by molar-refractivity contribution is -0.123. The molecule has 0 aliphatic rings. The maximum absolute atomic E-state index is 11.8. The molecular weight excluding hydrogens is 312 g/mol. The molecule has 1 N–H and O–H groups in total. The van der Waals surface area contributed by atoms with Gasteiger partial charge in [-0.25, -0.2) is 4.68 Å². The predicted molar refractivity (Wildman–Crippen MR) is 87.8 cm³/mol. The molecule has 0 spiro atoms. The van der Waals surface area contributed by atoms with Crippen LogP contribution in [0.1, 0.15) is 11.3 Å². The first-order valence-electron chi connectivity index (χ1n) is 7.12. The molecule has 1 aromatic carbocycles. The Hall–Kier alpha value is -2.67. The number of hydrogen-bond donors (Lipinski definition) is 1. The van der Waals surface area contributed by atoms with Crippen LogP contribution in [0.4, 0.5) is 0 Å². The van der Waals surface area contributed by atoms with Crippen LogP contribution < -0.4 is 10.1 Å². The summed E-state index contributed by atoms with van der Waals surface area (Å²) < 4.78 is 7.19. The van der Waals surface area contributed by atoms with Crippen LogP contribution in [0.25, 0.3) is 5.00 Å². The van der Waals surface area contributed by atoms with Gasteiger partial charge in [0.15, 0.2) is 6.61 Å². The Balaban J connectivity index is 1.49. The Labute approximate surface area is 137 Å². The summed E-state index contributed by atoms with van der Waals surface area (Å²) in [4.78, 5) is 11.8. The smallest absolute Gasteiger partial charge is 0.258 e. The number of nitrogens with one attached hydrogen (secondary N) is 1. The van der Waals surface area contributed by atoms with Crippen LogP contribution in [0.5, 0.6) is 5.75 Å². The minimum atomic E-state index is -0.195. The molecule has 7 heteroatoms. The van der Waals surface area contributed by atoms with Crippen molar-refractivity contribution in [1.29, 1.82) is 0 Å². The number of amides is 1. The van der Waals surface area contributed by atoms with E-state index in [4.69, 9.17) is 4.74 Å². The third-order valence-corrected chi connectivity index (χ3v) is 4.05. The van der Waals surface area contributed by atoms with Crippen molar-refractivity contribution in [3.63, 3.8) is 0 Å². The van der Waals surface area contributed by atoms with Crippen LogP contribution in [-0.2, 0) is 11.3 Å². The van der Waals surface area contributed by atoms with E-state index in [0.29, 0.717) is 18.0 Å². The molecule has 3 aromatic rings. The number of carbonyl (C=O) groups is 1. The summed E-state index contributed by atoms with van der Waals surface area (Å²) in [5.74, 6) is 0.519. The van der Waals surface area contributed by atoms with Gasteiger partial charge in [0.25, 0.3) is 5.91 Å². The molecule has 0 aliphatic carbocycles. The van der Waals surface area contributed by atoms with Gasteiger partial charge in [-0.15, -0.1) is 16.4 Å². The summed E-state index contributed by atoms with van der Waals surface area (Å²) >= 11 is 1.57. The van der Waals surface area contributed by atoms with Crippen molar-refractivity contribution < 1.29 is 9.53 Å². The zero-order valence-corrected chi connectivity index (χ0v) is 13.4. The number of para-hydroxylation sites is 1. The highest BCUT2D eigenvalue weighted by Crippen LogP contribution is 2.16. The number of carbonyl (C=O) groups excluding carboxylic acids is 1. The van der Waals surface area contributed by atoms with Gasteiger partial charge in [0.05, 0.1) is 12.7 Å². The molecule has 6 nitrogen and oxygen atoms in total. The highest BCUT2D eigenvalue weighted by atomic mass is 32.1. The zero-order valence-electron chi connectivity index (χ0n) is 12.6. The Morgan fingerprint density at radius 2 is 2.17 bits per heavy atom. The normalized spacial score (nSPS) is 10.5. The van der Waals surface area contributed by atoms with Gasteiger partial charge in [0.2, 0.25) is 0 Å². The van der Waals surface area contributed by atoms with E-state index in [-0.39, 0.29) is 12.5 Å². The summed E-state index contributed by atoms with van der Waals surface area (Å²) in [7, 11) is 0. The van der Waals surface area contributed by atoms with Gasteiger partial charge in [-0.05, 0) is 36.1 Å². The van der Waals surface area contributed by atoms with Crippen LogP contribution in [0, 0.1) is 6.92 Å². The predicted octanol–water partition coefficient (Wildman–Crippen LogP) is 2.33. The van der Waals surface area contributed by atoms with Crippen molar-refractivity contribution in [2.24, 2.45) is 0 Å². The van der Waals surface area contributed by atoms with E-state index in [9.17, 15) is 4.79 Å². The number of thiophene rings is 1. The molecule has 2 heterocycles. The largest absolute Gasteiger partial charge is 0.484 e. The van der Waals surface area contributed by atoms with Gasteiger partial charge in [-0.1, -0.05) is 23.4 Å². The number of aromatic nitrogens is 3. The molecule has 0 aliphatic heterocycles. The van der Waals surface area contributed by atoms with Crippen LogP contribution in [0.3, 0.4) is 0 Å². The summed E-state index contributed by atoms with van der Waals surface area (Å²) in [5, 5.41) is 13.8. The zero-order chi connectivity index (χ0) is 16.1. The first-order chi connectivity index (χ1) is 11.2. The second-order valence-corrected chi connectivity index (χ2v) is 5.86. The summed E-state index contributed by atoms with van der Waals surface area (Å²) in [6.07, 6.45) is 1.80. The molecule has 3 rings (SSSR count). The second kappa shape index (κ2) is 7.06. The van der Waals surface area contributed by atoms with Crippen molar-refractivity contribution in [3.05, 3.63) is 59.2 Å². The molecule has 0 unspecified atom stereocenters. The third-order valence-electron chi connectivity index (χ3n) is 3.19. The van der Waals surface area contributed by atoms with Crippen LogP contribution >= 0.6 is 11.3 Å². The highest BCUT2D eigenvalue weighted by Gasteiger charge is 2.07. The molecule has 0 radical (unpaired) electrons. The monoisotopic (exact) mass is 328 g/mol. The van der Waals surface area contributed by atoms with E-state index in [0.717, 1.165) is 10.6 Å². The Morgan fingerprint density at radius 3 is 2.96 bits per heavy atom. The van der Waals surface area contributed by atoms with Crippen molar-refractivity contribution in [2.45, 2.75) is 13.5 Å². The van der Waals surface area contributed by atoms with E-state index < -0.39 is 0 Å². The summed E-state index contributed by atoms with van der Waals surface area (Å²) in [5.41, 5.74) is 1.70. The van der Waals surface area contributed by atoms with Gasteiger partial charge in [0, 0.05) is 0 Å². The van der Waals surface area contributed by atoms with Crippen molar-refractivity contribution in [1.82, 2.24) is 20.3 Å². The molecule has 0 saturated carbocycles. The fraction of sp³-hybridized carbons (Fsp3) is 0.188. The number of benzene rings is 1. The molecule has 0 fully saturated rings. The van der Waals surface area contributed by atoms with Gasteiger partial charge < -0.3 is 10.1 Å². The molecule has 23 heavy (non-hydrogen) atoms. The number of hydrogen-bond acceptors (Lipinski definition) is 5. The van der Waals surface area contributed by atoms with Crippen LogP contribution in [0.15, 0.2) is 48.0 Å². The van der Waals surface area contributed by atoms with Crippen molar-refractivity contribution in [3.8, 4) is 10.8 Å². The van der Waals surface area contributed by atoms with E-state index in [2.05, 4.69) is 15.6 Å². The number of aryl methyl sites for hydroxylation is 1. The molecule has 0 saturated heterocycles. The molecule has 0 bridgehead atoms. The quantitative estimate of drug-likeness (QED) is 0.754. The first-order valence-corrected chi connectivity index (χ1v) is 8.00. The Kier molecular flexibility index (Phi) is 4.68. The maximum atomic E-state index is 11.8. The van der Waals surface area contributed by atoms with Crippen molar-refractivity contribution >= 4 is 17.2 Å². The first kappa shape index (κ1) is 15.2. The minimum Gasteiger partial charge on any atom is -0.484 e. The topological polar surface area (TPSA) is 69.0 Å². The van der Waals surface area contributed by atoms with Gasteiger partial charge in [-0.3, -0.25) is 4.79 Å². The average molecular weight is 328 g/mol. The molecule has 0 atom stereocenters. The minimum absolute atomic E-state index is 0.0239. The SMILES string of the molecule is Cc1ccccc1OCC(=O)NCc1cn(-c2cccs2)nn1. The van der Waals surface area contributed by atoms with E-state index >= 15 is 0 Å². The number of nitrogens with zero attached hydrogens (tertiary/aromatic N) is 3. The number of rotatable bonds is 6. The fourth-order valence-electron chi connectivity index (χ4n) is 1.99. The standard InChI is InChI=1S/C16H16N4O2S/c1-12-5-2-3-6-14(12)22-11-15(21)17-9-13-10-20(19-18-13)16-7-4-8-23-16/h2-8,10H,9,11H2,1H3,(H,17,21). The van der Waals surface area contributed by atoms with Gasteiger partial charge in [0.1, 0.15) is 16.4 Å².